The molecular formula is C29H33F5O2. The fourth-order valence-corrected chi connectivity index (χ4v) is 5.78. The van der Waals surface area contributed by atoms with Gasteiger partial charge in [0.1, 0.15) is 11.6 Å². The van der Waals surface area contributed by atoms with E-state index < -0.39 is 41.7 Å². The Balaban J connectivity index is 1.39. The van der Waals surface area contributed by atoms with Crippen LogP contribution in [0.2, 0.25) is 0 Å². The van der Waals surface area contributed by atoms with Gasteiger partial charge in [-0.05, 0) is 85.3 Å². The second kappa shape index (κ2) is 11.7. The summed E-state index contributed by atoms with van der Waals surface area (Å²) in [6.45, 7) is 0.984. The molecule has 1 unspecified atom stereocenters. The van der Waals surface area contributed by atoms with E-state index in [0.717, 1.165) is 60.9 Å². The molecule has 0 bridgehead atoms. The topological polar surface area (TPSA) is 18.5 Å². The second-order valence-electron chi connectivity index (χ2n) is 9.99. The Hall–Kier alpha value is -2.57. The van der Waals surface area contributed by atoms with Gasteiger partial charge in [0.15, 0.2) is 11.6 Å². The Morgan fingerprint density at radius 1 is 0.917 bits per heavy atom. The Morgan fingerprint density at radius 2 is 1.69 bits per heavy atom. The van der Waals surface area contributed by atoms with Gasteiger partial charge in [0.25, 0.3) is 0 Å². The molecule has 4 rings (SSSR count). The third-order valence-electron chi connectivity index (χ3n) is 7.72. The van der Waals surface area contributed by atoms with Crippen molar-refractivity contribution in [1.29, 1.82) is 0 Å². The highest BCUT2D eigenvalue weighted by molar-refractivity contribution is 5.66. The predicted molar refractivity (Wildman–Crippen MR) is 130 cm³/mol. The molecule has 0 aromatic heterocycles. The highest BCUT2D eigenvalue weighted by Crippen LogP contribution is 2.43. The average molecular weight is 509 g/mol. The van der Waals surface area contributed by atoms with E-state index in [1.54, 1.807) is 0 Å². The molecule has 0 radical (unpaired) electrons. The molecule has 0 N–H and O–H groups in total. The molecule has 2 aromatic rings. The van der Waals surface area contributed by atoms with Crippen LogP contribution in [0.3, 0.4) is 0 Å². The summed E-state index contributed by atoms with van der Waals surface area (Å²) in [6, 6.07) is 6.24. The van der Waals surface area contributed by atoms with Gasteiger partial charge in [-0.2, -0.15) is 8.78 Å². The molecule has 0 saturated heterocycles. The minimum absolute atomic E-state index is 0.434. The Bertz CT molecular complexity index is 1060. The van der Waals surface area contributed by atoms with E-state index in [1.165, 1.54) is 44.6 Å². The number of hydrogen-bond donors (Lipinski definition) is 0. The zero-order chi connectivity index (χ0) is 25.7. The van der Waals surface area contributed by atoms with E-state index >= 15 is 0 Å². The minimum atomic E-state index is -4.03. The van der Waals surface area contributed by atoms with E-state index in [0.29, 0.717) is 17.5 Å². The fraction of sp³-hybridized carbons (Fsp3) is 0.517. The zero-order valence-corrected chi connectivity index (χ0v) is 20.6. The van der Waals surface area contributed by atoms with E-state index in [1.807, 2.05) is 0 Å². The first-order valence-corrected chi connectivity index (χ1v) is 12.8. The summed E-state index contributed by atoms with van der Waals surface area (Å²) < 4.78 is 79.3. The van der Waals surface area contributed by atoms with E-state index in [4.69, 9.17) is 0 Å². The van der Waals surface area contributed by atoms with Crippen molar-refractivity contribution in [3.05, 3.63) is 65.2 Å². The highest BCUT2D eigenvalue weighted by atomic mass is 19.3. The number of hydrogen-bond acceptors (Lipinski definition) is 2. The van der Waals surface area contributed by atoms with Gasteiger partial charge in [0.2, 0.25) is 6.86 Å². The van der Waals surface area contributed by atoms with Crippen LogP contribution in [0.15, 0.2) is 42.5 Å². The Kier molecular flexibility index (Phi) is 8.58. The highest BCUT2D eigenvalue weighted by Gasteiger charge is 2.38. The van der Waals surface area contributed by atoms with Gasteiger partial charge in [-0.25, -0.2) is 13.2 Å². The van der Waals surface area contributed by atoms with Crippen molar-refractivity contribution in [1.82, 2.24) is 0 Å². The monoisotopic (exact) mass is 508 g/mol. The van der Waals surface area contributed by atoms with Gasteiger partial charge in [0, 0.05) is 6.07 Å². The van der Waals surface area contributed by atoms with Gasteiger partial charge in [-0.15, -0.1) is 0 Å². The summed E-state index contributed by atoms with van der Waals surface area (Å²) in [4.78, 5) is 0. The molecule has 1 atom stereocenters. The number of allylic oxidation sites excluding steroid dienone is 2. The van der Waals surface area contributed by atoms with Crippen LogP contribution < -0.4 is 9.47 Å². The molecule has 196 valence electrons. The summed E-state index contributed by atoms with van der Waals surface area (Å²) in [5.41, 5.74) is 0.635. The predicted octanol–water partition coefficient (Wildman–Crippen LogP) is 9.19. The minimum Gasteiger partial charge on any atom is -0.460 e. The van der Waals surface area contributed by atoms with Crippen molar-refractivity contribution in [2.75, 3.05) is 6.86 Å². The van der Waals surface area contributed by atoms with E-state index in [9.17, 15) is 22.0 Å². The van der Waals surface area contributed by atoms with Crippen LogP contribution in [-0.4, -0.2) is 6.86 Å². The SMILES string of the molecule is CCCC1CCC(C2CC=C(c3ccc(C(F)(F)Oc4ccc(OCF)c(F)c4)c(F)c3)CC2)CC1. The Labute approximate surface area is 209 Å². The third kappa shape index (κ3) is 6.22. The molecule has 0 spiro atoms. The number of ether oxygens (including phenoxy) is 2. The summed E-state index contributed by atoms with van der Waals surface area (Å²) in [7, 11) is 0. The van der Waals surface area contributed by atoms with Gasteiger partial charge in [-0.3, -0.25) is 0 Å². The molecular weight excluding hydrogens is 475 g/mol. The summed E-state index contributed by atoms with van der Waals surface area (Å²) >= 11 is 0. The molecule has 2 nitrogen and oxygen atoms in total. The normalized spacial score (nSPS) is 22.7. The van der Waals surface area contributed by atoms with Crippen LogP contribution in [-0.2, 0) is 6.11 Å². The summed E-state index contributed by atoms with van der Waals surface area (Å²) in [6.07, 6.45) is 8.66. The average Bonchev–Trinajstić information content (AvgIpc) is 2.86. The third-order valence-corrected chi connectivity index (χ3v) is 7.72. The van der Waals surface area contributed by atoms with Crippen molar-refractivity contribution in [2.24, 2.45) is 17.8 Å². The fourth-order valence-electron chi connectivity index (χ4n) is 5.78. The van der Waals surface area contributed by atoms with Crippen LogP contribution in [0.5, 0.6) is 11.5 Å². The van der Waals surface area contributed by atoms with Crippen LogP contribution in [0, 0.1) is 29.4 Å². The van der Waals surface area contributed by atoms with Crippen molar-refractivity contribution in [3.63, 3.8) is 0 Å². The van der Waals surface area contributed by atoms with Crippen LogP contribution in [0.25, 0.3) is 5.57 Å². The summed E-state index contributed by atoms with van der Waals surface area (Å²) in [5.74, 6) is -0.861. The maximum absolute atomic E-state index is 14.8. The smallest absolute Gasteiger partial charge is 0.429 e. The van der Waals surface area contributed by atoms with Gasteiger partial charge in [0.05, 0.1) is 5.56 Å². The lowest BCUT2D eigenvalue weighted by molar-refractivity contribution is -0.187. The van der Waals surface area contributed by atoms with E-state index in [-0.39, 0.29) is 0 Å². The molecule has 2 aliphatic carbocycles. The maximum atomic E-state index is 14.8. The van der Waals surface area contributed by atoms with Crippen molar-refractivity contribution < 1.29 is 31.4 Å². The van der Waals surface area contributed by atoms with E-state index in [2.05, 4.69) is 22.5 Å². The van der Waals surface area contributed by atoms with Crippen molar-refractivity contribution in [3.8, 4) is 11.5 Å². The molecule has 0 amide bonds. The van der Waals surface area contributed by atoms with Crippen LogP contribution in [0.1, 0.15) is 75.8 Å². The lowest BCUT2D eigenvalue weighted by Crippen LogP contribution is -2.24. The molecule has 36 heavy (non-hydrogen) atoms. The van der Waals surface area contributed by atoms with Gasteiger partial charge in [-0.1, -0.05) is 44.7 Å². The first-order valence-electron chi connectivity index (χ1n) is 12.8. The quantitative estimate of drug-likeness (QED) is 0.314. The molecule has 0 aliphatic heterocycles. The molecule has 2 aliphatic rings. The molecule has 7 heteroatoms. The molecule has 0 heterocycles. The molecule has 1 saturated carbocycles. The zero-order valence-electron chi connectivity index (χ0n) is 20.6. The number of benzene rings is 2. The van der Waals surface area contributed by atoms with Crippen LogP contribution >= 0.6 is 0 Å². The van der Waals surface area contributed by atoms with Crippen molar-refractivity contribution in [2.45, 2.75) is 70.8 Å². The lowest BCUT2D eigenvalue weighted by Gasteiger charge is -2.35. The number of halogens is 5. The van der Waals surface area contributed by atoms with Gasteiger partial charge < -0.3 is 9.47 Å². The molecule has 1 fully saturated rings. The summed E-state index contributed by atoms with van der Waals surface area (Å²) in [5, 5.41) is 0. The van der Waals surface area contributed by atoms with Crippen molar-refractivity contribution >= 4 is 5.57 Å². The number of rotatable bonds is 9. The maximum Gasteiger partial charge on any atom is 0.429 e. The van der Waals surface area contributed by atoms with Gasteiger partial charge >= 0.3 is 6.11 Å². The largest absolute Gasteiger partial charge is 0.460 e. The second-order valence-corrected chi connectivity index (χ2v) is 9.99. The number of alkyl halides is 3. The first-order chi connectivity index (χ1) is 17.3. The van der Waals surface area contributed by atoms with Crippen LogP contribution in [0.4, 0.5) is 22.0 Å². The first kappa shape index (κ1) is 26.5. The molecule has 2 aromatic carbocycles. The Morgan fingerprint density at radius 3 is 2.31 bits per heavy atom. The standard InChI is InChI=1S/C29H33F5O2/c1-2-3-19-4-6-20(7-5-19)21-8-10-22(11-9-21)23-12-14-25(26(31)16-23)29(33,34)36-24-13-15-28(35-18-30)27(32)17-24/h10,12-17,19-21H,2-9,11,18H2,1H3. The lowest BCUT2D eigenvalue weighted by atomic mass is 9.70.